The third-order valence-electron chi connectivity index (χ3n) is 3.97. The summed E-state index contributed by atoms with van der Waals surface area (Å²) in [7, 11) is 0. The van der Waals surface area contributed by atoms with E-state index in [0.29, 0.717) is 21.5 Å². The predicted molar refractivity (Wildman–Crippen MR) is 63.7 cm³/mol. The van der Waals surface area contributed by atoms with Gasteiger partial charge < -0.3 is 5.32 Å². The molecule has 80 valence electrons. The zero-order valence-corrected chi connectivity index (χ0v) is 10.1. The number of hydrogen-bond acceptors (Lipinski definition) is 1. The van der Waals surface area contributed by atoms with Gasteiger partial charge in [0.05, 0.1) is 10.0 Å². The second-order valence-electron chi connectivity index (χ2n) is 4.77. The van der Waals surface area contributed by atoms with Crippen LogP contribution in [-0.4, -0.2) is 12.6 Å². The van der Waals surface area contributed by atoms with Crippen LogP contribution in [0.2, 0.25) is 10.0 Å². The highest BCUT2D eigenvalue weighted by Crippen LogP contribution is 2.59. The molecule has 3 rings (SSSR count). The minimum atomic E-state index is 0.355. The summed E-state index contributed by atoms with van der Waals surface area (Å²) in [6.45, 7) is 3.34. The summed E-state index contributed by atoms with van der Waals surface area (Å²) < 4.78 is 0. The average molecular weight is 242 g/mol. The molecule has 15 heavy (non-hydrogen) atoms. The van der Waals surface area contributed by atoms with Crippen molar-refractivity contribution in [1.29, 1.82) is 0 Å². The molecular weight excluding hydrogens is 229 g/mol. The largest absolute Gasteiger partial charge is 0.313 e. The van der Waals surface area contributed by atoms with Crippen molar-refractivity contribution < 1.29 is 0 Å². The fraction of sp³-hybridized carbons (Fsp3) is 0.500. The highest BCUT2D eigenvalue weighted by atomic mass is 35.5. The Labute approximate surface area is 99.8 Å². The minimum Gasteiger partial charge on any atom is -0.313 e. The second kappa shape index (κ2) is 3.13. The van der Waals surface area contributed by atoms with Gasteiger partial charge in [-0.2, -0.15) is 0 Å². The van der Waals surface area contributed by atoms with Crippen molar-refractivity contribution in [2.45, 2.75) is 24.8 Å². The molecule has 1 aliphatic heterocycles. The fourth-order valence-corrected chi connectivity index (χ4v) is 3.22. The molecule has 1 saturated carbocycles. The Balaban J connectivity index is 1.98. The van der Waals surface area contributed by atoms with Crippen LogP contribution in [0.1, 0.15) is 18.9 Å². The van der Waals surface area contributed by atoms with Gasteiger partial charge in [0.25, 0.3) is 0 Å². The molecule has 1 aromatic rings. The first-order chi connectivity index (χ1) is 7.13. The molecule has 1 saturated heterocycles. The van der Waals surface area contributed by atoms with Crippen LogP contribution in [0.15, 0.2) is 18.2 Å². The van der Waals surface area contributed by atoms with E-state index in [-0.39, 0.29) is 0 Å². The Hall–Kier alpha value is -0.240. The molecule has 0 radical (unpaired) electrons. The maximum atomic E-state index is 6.06. The van der Waals surface area contributed by atoms with Crippen LogP contribution in [0.5, 0.6) is 0 Å². The molecular formula is C12H13Cl2N. The molecule has 0 amide bonds. The van der Waals surface area contributed by atoms with Crippen LogP contribution in [0, 0.1) is 5.92 Å². The number of hydrogen-bond donors (Lipinski definition) is 1. The molecule has 0 aromatic heterocycles. The van der Waals surface area contributed by atoms with E-state index in [1.54, 1.807) is 0 Å². The lowest BCUT2D eigenvalue weighted by Crippen LogP contribution is -2.24. The maximum Gasteiger partial charge on any atom is 0.0595 e. The summed E-state index contributed by atoms with van der Waals surface area (Å²) in [5.41, 5.74) is 1.70. The lowest BCUT2D eigenvalue weighted by atomic mass is 9.94. The second-order valence-corrected chi connectivity index (χ2v) is 5.58. The van der Waals surface area contributed by atoms with Gasteiger partial charge in [-0.3, -0.25) is 0 Å². The normalized spacial score (nSPS) is 37.8. The van der Waals surface area contributed by atoms with E-state index in [1.165, 1.54) is 12.0 Å². The summed E-state index contributed by atoms with van der Waals surface area (Å²) in [5, 5.41) is 4.84. The van der Waals surface area contributed by atoms with Gasteiger partial charge in [0.2, 0.25) is 0 Å². The van der Waals surface area contributed by atoms with Gasteiger partial charge in [0.1, 0.15) is 0 Å². The molecule has 3 heteroatoms. The van der Waals surface area contributed by atoms with Crippen LogP contribution >= 0.6 is 23.2 Å². The van der Waals surface area contributed by atoms with Gasteiger partial charge in [0, 0.05) is 18.0 Å². The first-order valence-electron chi connectivity index (χ1n) is 5.32. The molecule has 2 aliphatic rings. The molecule has 1 heterocycles. The monoisotopic (exact) mass is 241 g/mol. The molecule has 1 N–H and O–H groups in total. The van der Waals surface area contributed by atoms with Crippen molar-refractivity contribution in [3.63, 3.8) is 0 Å². The summed E-state index contributed by atoms with van der Waals surface area (Å²) in [5.74, 6) is 0.787. The lowest BCUT2D eigenvalue weighted by Gasteiger charge is -2.12. The number of benzene rings is 1. The van der Waals surface area contributed by atoms with E-state index in [4.69, 9.17) is 23.2 Å². The van der Waals surface area contributed by atoms with Gasteiger partial charge in [-0.25, -0.2) is 0 Å². The third-order valence-corrected chi connectivity index (χ3v) is 4.71. The summed E-state index contributed by atoms with van der Waals surface area (Å²) in [6.07, 6.45) is 1.29. The Morgan fingerprint density at radius 2 is 2.13 bits per heavy atom. The average Bonchev–Trinajstić information content (AvgIpc) is 2.88. The maximum absolute atomic E-state index is 6.06. The standard InChI is InChI=1S/C12H13Cl2N/c1-7-9-5-12(9,6-15-7)8-2-3-10(13)11(14)4-8/h2-4,7,9,15H,5-6H2,1H3/t7-,9?,12?/m1/s1. The molecule has 1 aliphatic carbocycles. The minimum absolute atomic E-state index is 0.355. The molecule has 0 spiro atoms. The zero-order chi connectivity index (χ0) is 10.6. The Morgan fingerprint density at radius 3 is 2.67 bits per heavy atom. The smallest absolute Gasteiger partial charge is 0.0595 e. The lowest BCUT2D eigenvalue weighted by molar-refractivity contribution is 0.578. The van der Waals surface area contributed by atoms with Crippen molar-refractivity contribution in [3.05, 3.63) is 33.8 Å². The van der Waals surface area contributed by atoms with Crippen molar-refractivity contribution in [2.24, 2.45) is 5.92 Å². The van der Waals surface area contributed by atoms with Crippen molar-refractivity contribution >= 4 is 23.2 Å². The Morgan fingerprint density at radius 1 is 1.33 bits per heavy atom. The number of piperidine rings is 1. The molecule has 2 fully saturated rings. The Kier molecular flexibility index (Phi) is 2.08. The number of nitrogens with one attached hydrogen (secondary N) is 1. The number of halogens is 2. The molecule has 3 atom stereocenters. The van der Waals surface area contributed by atoms with Gasteiger partial charge >= 0.3 is 0 Å². The first-order valence-corrected chi connectivity index (χ1v) is 6.08. The van der Waals surface area contributed by atoms with E-state index < -0.39 is 0 Å². The van der Waals surface area contributed by atoms with Gasteiger partial charge in [-0.15, -0.1) is 0 Å². The fourth-order valence-electron chi connectivity index (χ4n) is 2.92. The summed E-state index contributed by atoms with van der Waals surface area (Å²) in [6, 6.07) is 6.70. The van der Waals surface area contributed by atoms with Gasteiger partial charge in [-0.1, -0.05) is 29.3 Å². The summed E-state index contributed by atoms with van der Waals surface area (Å²) >= 11 is 12.0. The number of rotatable bonds is 1. The van der Waals surface area contributed by atoms with E-state index in [1.807, 2.05) is 12.1 Å². The van der Waals surface area contributed by atoms with Crippen LogP contribution in [0.4, 0.5) is 0 Å². The zero-order valence-electron chi connectivity index (χ0n) is 8.56. The first kappa shape index (κ1) is 9.95. The highest BCUT2D eigenvalue weighted by Gasteiger charge is 2.61. The number of fused-ring (bicyclic) bond motifs is 1. The van der Waals surface area contributed by atoms with Crippen molar-refractivity contribution in [3.8, 4) is 0 Å². The van der Waals surface area contributed by atoms with E-state index in [0.717, 1.165) is 12.5 Å². The van der Waals surface area contributed by atoms with E-state index in [9.17, 15) is 0 Å². The molecule has 1 aromatic carbocycles. The van der Waals surface area contributed by atoms with E-state index >= 15 is 0 Å². The van der Waals surface area contributed by atoms with Crippen molar-refractivity contribution in [1.82, 2.24) is 5.32 Å². The van der Waals surface area contributed by atoms with Crippen LogP contribution < -0.4 is 5.32 Å². The van der Waals surface area contributed by atoms with E-state index in [2.05, 4.69) is 18.3 Å². The van der Waals surface area contributed by atoms with Crippen LogP contribution in [0.3, 0.4) is 0 Å². The molecule has 0 bridgehead atoms. The van der Waals surface area contributed by atoms with Crippen molar-refractivity contribution in [2.75, 3.05) is 6.54 Å². The highest BCUT2D eigenvalue weighted by molar-refractivity contribution is 6.42. The quantitative estimate of drug-likeness (QED) is 0.797. The molecule has 2 unspecified atom stereocenters. The van der Waals surface area contributed by atoms with Gasteiger partial charge in [-0.05, 0) is 37.0 Å². The Bertz CT molecular complexity index is 418. The van der Waals surface area contributed by atoms with Crippen LogP contribution in [-0.2, 0) is 5.41 Å². The SMILES string of the molecule is C[C@H]1NCC2(c3ccc(Cl)c(Cl)c3)CC12. The third kappa shape index (κ3) is 1.33. The summed E-state index contributed by atoms with van der Waals surface area (Å²) in [4.78, 5) is 0. The molecule has 1 nitrogen and oxygen atoms in total. The van der Waals surface area contributed by atoms with Crippen LogP contribution in [0.25, 0.3) is 0 Å². The topological polar surface area (TPSA) is 12.0 Å². The van der Waals surface area contributed by atoms with Gasteiger partial charge in [0.15, 0.2) is 0 Å². The predicted octanol–water partition coefficient (Wildman–Crippen LogP) is 3.24.